The third-order valence-corrected chi connectivity index (χ3v) is 2.61. The zero-order valence-electron chi connectivity index (χ0n) is 10.8. The van der Waals surface area contributed by atoms with Gasteiger partial charge in [0.2, 0.25) is 0 Å². The maximum Gasteiger partial charge on any atom is 0.0650 e. The molecule has 0 atom stereocenters. The van der Waals surface area contributed by atoms with Gasteiger partial charge in [-0.1, -0.05) is 68.2 Å². The van der Waals surface area contributed by atoms with Gasteiger partial charge in [-0.15, -0.1) is 0 Å². The van der Waals surface area contributed by atoms with Crippen LogP contribution >= 0.6 is 0 Å². The van der Waals surface area contributed by atoms with Gasteiger partial charge in [-0.25, -0.2) is 0 Å². The highest BCUT2D eigenvalue weighted by atomic mass is 16.5. The fourth-order valence-electron chi connectivity index (χ4n) is 1.67. The number of ether oxygens (including phenoxy) is 1. The zero-order chi connectivity index (χ0) is 12.3. The lowest BCUT2D eigenvalue weighted by Gasteiger charge is -2.00. The number of hydrogen-bond acceptors (Lipinski definition) is 1. The fourth-order valence-corrected chi connectivity index (χ4v) is 1.67. The molecule has 0 aliphatic rings. The summed E-state index contributed by atoms with van der Waals surface area (Å²) in [7, 11) is 0. The van der Waals surface area contributed by atoms with Gasteiger partial charge in [0.05, 0.1) is 6.61 Å². The average molecular weight is 231 g/mol. The highest BCUT2D eigenvalue weighted by Crippen LogP contribution is 2.05. The SMILES string of the molecule is [CH2]CCCCCOCC=Cc1cccc(C)c1. The Morgan fingerprint density at radius 1 is 1.24 bits per heavy atom. The molecular weight excluding hydrogens is 208 g/mol. The molecule has 0 N–H and O–H groups in total. The lowest BCUT2D eigenvalue weighted by molar-refractivity contribution is 0.158. The maximum atomic E-state index is 5.52. The molecule has 93 valence electrons. The predicted octanol–water partition coefficient (Wildman–Crippen LogP) is 4.42. The molecule has 0 amide bonds. The first kappa shape index (κ1) is 14.0. The van der Waals surface area contributed by atoms with Crippen molar-refractivity contribution in [3.05, 3.63) is 48.4 Å². The molecule has 1 heteroatoms. The van der Waals surface area contributed by atoms with Crippen molar-refractivity contribution < 1.29 is 4.74 Å². The highest BCUT2D eigenvalue weighted by molar-refractivity contribution is 5.50. The monoisotopic (exact) mass is 231 g/mol. The molecule has 1 aromatic carbocycles. The number of benzene rings is 1. The molecule has 1 aromatic rings. The Morgan fingerprint density at radius 2 is 2.12 bits per heavy atom. The minimum Gasteiger partial charge on any atom is -0.377 e. The smallest absolute Gasteiger partial charge is 0.0650 e. The quantitative estimate of drug-likeness (QED) is 0.602. The summed E-state index contributed by atoms with van der Waals surface area (Å²) >= 11 is 0. The number of hydrogen-bond donors (Lipinski definition) is 0. The van der Waals surface area contributed by atoms with E-state index in [-0.39, 0.29) is 0 Å². The van der Waals surface area contributed by atoms with Crippen LogP contribution in [0.2, 0.25) is 0 Å². The Bertz CT molecular complexity index is 328. The Kier molecular flexibility index (Phi) is 7.40. The lowest BCUT2D eigenvalue weighted by Crippen LogP contribution is -1.94. The van der Waals surface area contributed by atoms with Gasteiger partial charge in [0.15, 0.2) is 0 Å². The molecule has 17 heavy (non-hydrogen) atoms. The van der Waals surface area contributed by atoms with E-state index < -0.39 is 0 Å². The Labute approximate surface area is 106 Å². The van der Waals surface area contributed by atoms with Crippen LogP contribution in [0.25, 0.3) is 6.08 Å². The van der Waals surface area contributed by atoms with Gasteiger partial charge >= 0.3 is 0 Å². The molecule has 0 aliphatic heterocycles. The van der Waals surface area contributed by atoms with Gasteiger partial charge < -0.3 is 4.74 Å². The van der Waals surface area contributed by atoms with Gasteiger partial charge in [0, 0.05) is 6.61 Å². The van der Waals surface area contributed by atoms with Crippen molar-refractivity contribution in [3.63, 3.8) is 0 Å². The normalized spacial score (nSPS) is 11.2. The average Bonchev–Trinajstić information content (AvgIpc) is 2.33. The van der Waals surface area contributed by atoms with Crippen molar-refractivity contribution in [3.8, 4) is 0 Å². The van der Waals surface area contributed by atoms with Crippen molar-refractivity contribution in [1.29, 1.82) is 0 Å². The third-order valence-electron chi connectivity index (χ3n) is 2.61. The van der Waals surface area contributed by atoms with E-state index in [0.29, 0.717) is 6.61 Å². The van der Waals surface area contributed by atoms with Crippen LogP contribution in [0, 0.1) is 13.8 Å². The van der Waals surface area contributed by atoms with E-state index >= 15 is 0 Å². The first-order valence-corrected chi connectivity index (χ1v) is 6.43. The number of aryl methyl sites for hydroxylation is 1. The van der Waals surface area contributed by atoms with Crippen LogP contribution in [0.4, 0.5) is 0 Å². The summed E-state index contributed by atoms with van der Waals surface area (Å²) in [5, 5.41) is 0. The zero-order valence-corrected chi connectivity index (χ0v) is 10.8. The van der Waals surface area contributed by atoms with Crippen molar-refractivity contribution >= 4 is 6.08 Å². The molecule has 0 spiro atoms. The summed E-state index contributed by atoms with van der Waals surface area (Å²) in [4.78, 5) is 0. The second-order valence-corrected chi connectivity index (χ2v) is 4.31. The van der Waals surface area contributed by atoms with Crippen LogP contribution in [-0.2, 0) is 4.74 Å². The molecule has 1 radical (unpaired) electrons. The van der Waals surface area contributed by atoms with Crippen LogP contribution in [0.5, 0.6) is 0 Å². The molecular formula is C16H23O. The molecule has 0 bridgehead atoms. The molecule has 0 aromatic heterocycles. The van der Waals surface area contributed by atoms with E-state index in [0.717, 1.165) is 19.4 Å². The van der Waals surface area contributed by atoms with E-state index in [2.05, 4.69) is 50.3 Å². The minimum absolute atomic E-state index is 0.707. The van der Waals surface area contributed by atoms with E-state index in [4.69, 9.17) is 4.74 Å². The second kappa shape index (κ2) is 9.00. The summed E-state index contributed by atoms with van der Waals surface area (Å²) in [6.07, 6.45) is 8.81. The van der Waals surface area contributed by atoms with E-state index in [1.54, 1.807) is 0 Å². The van der Waals surface area contributed by atoms with Crippen LogP contribution in [0.3, 0.4) is 0 Å². The number of unbranched alkanes of at least 4 members (excludes halogenated alkanes) is 3. The molecule has 0 fully saturated rings. The Morgan fingerprint density at radius 3 is 2.88 bits per heavy atom. The van der Waals surface area contributed by atoms with Crippen LogP contribution in [-0.4, -0.2) is 13.2 Å². The number of rotatable bonds is 8. The summed E-state index contributed by atoms with van der Waals surface area (Å²) < 4.78 is 5.52. The van der Waals surface area contributed by atoms with Gasteiger partial charge in [0.25, 0.3) is 0 Å². The maximum absolute atomic E-state index is 5.52. The Balaban J connectivity index is 2.10. The topological polar surface area (TPSA) is 9.23 Å². The first-order valence-electron chi connectivity index (χ1n) is 6.43. The molecule has 1 rings (SSSR count). The largest absolute Gasteiger partial charge is 0.377 e. The van der Waals surface area contributed by atoms with Gasteiger partial charge in [0.1, 0.15) is 0 Å². The van der Waals surface area contributed by atoms with Gasteiger partial charge in [-0.05, 0) is 18.9 Å². The van der Waals surface area contributed by atoms with Gasteiger partial charge in [-0.3, -0.25) is 0 Å². The first-order chi connectivity index (χ1) is 8.33. The highest BCUT2D eigenvalue weighted by Gasteiger charge is 1.89. The minimum atomic E-state index is 0.707. The molecule has 1 nitrogen and oxygen atoms in total. The molecule has 0 saturated heterocycles. The molecule has 0 unspecified atom stereocenters. The molecule has 0 heterocycles. The molecule has 0 aliphatic carbocycles. The van der Waals surface area contributed by atoms with Gasteiger partial charge in [-0.2, -0.15) is 0 Å². The summed E-state index contributed by atoms with van der Waals surface area (Å²) in [6, 6.07) is 8.47. The summed E-state index contributed by atoms with van der Waals surface area (Å²) in [5.41, 5.74) is 2.53. The molecule has 0 saturated carbocycles. The van der Waals surface area contributed by atoms with Crippen LogP contribution < -0.4 is 0 Å². The van der Waals surface area contributed by atoms with Crippen molar-refractivity contribution in [2.75, 3.05) is 13.2 Å². The predicted molar refractivity (Wildman–Crippen MR) is 74.9 cm³/mol. The Hall–Kier alpha value is -1.08. The summed E-state index contributed by atoms with van der Waals surface area (Å²) in [6.45, 7) is 7.50. The lowest BCUT2D eigenvalue weighted by atomic mass is 10.1. The third kappa shape index (κ3) is 6.96. The summed E-state index contributed by atoms with van der Waals surface area (Å²) in [5.74, 6) is 0. The van der Waals surface area contributed by atoms with E-state index in [1.807, 2.05) is 0 Å². The van der Waals surface area contributed by atoms with E-state index in [9.17, 15) is 0 Å². The second-order valence-electron chi connectivity index (χ2n) is 4.31. The van der Waals surface area contributed by atoms with Crippen molar-refractivity contribution in [2.45, 2.75) is 32.6 Å². The standard InChI is InChI=1S/C16H23O/c1-3-4-5-6-12-17-13-8-11-16-10-7-9-15(2)14-16/h7-11,14H,1,3-6,12-13H2,2H3. The van der Waals surface area contributed by atoms with Crippen LogP contribution in [0.15, 0.2) is 30.3 Å². The fraction of sp³-hybridized carbons (Fsp3) is 0.438. The van der Waals surface area contributed by atoms with E-state index in [1.165, 1.54) is 24.0 Å². The van der Waals surface area contributed by atoms with Crippen molar-refractivity contribution in [1.82, 2.24) is 0 Å². The van der Waals surface area contributed by atoms with Crippen molar-refractivity contribution in [2.24, 2.45) is 0 Å². The van der Waals surface area contributed by atoms with Crippen LogP contribution in [0.1, 0.15) is 36.8 Å².